The van der Waals surface area contributed by atoms with Gasteiger partial charge in [0.15, 0.2) is 0 Å². The van der Waals surface area contributed by atoms with Crippen molar-refractivity contribution < 1.29 is 14.6 Å². The van der Waals surface area contributed by atoms with E-state index in [0.29, 0.717) is 30.8 Å². The van der Waals surface area contributed by atoms with E-state index in [-0.39, 0.29) is 22.9 Å². The SMILES string of the molecule is C[C@]12COC(=O)C[C@@H]1CC[C@H]1[C@@H]2CC[C@]2(C)[C@@H](O)CC[C@@H]12. The minimum Gasteiger partial charge on any atom is -0.465 e. The Morgan fingerprint density at radius 3 is 2.62 bits per heavy atom. The molecule has 3 heteroatoms. The second kappa shape index (κ2) is 4.47. The van der Waals surface area contributed by atoms with Gasteiger partial charge in [0, 0.05) is 11.8 Å². The van der Waals surface area contributed by atoms with Crippen molar-refractivity contribution in [3.63, 3.8) is 0 Å². The van der Waals surface area contributed by atoms with Gasteiger partial charge in [0.2, 0.25) is 0 Å². The fourth-order valence-corrected chi connectivity index (χ4v) is 6.56. The second-order valence-electron chi connectivity index (χ2n) is 8.66. The molecule has 21 heavy (non-hydrogen) atoms. The fraction of sp³-hybridized carbons (Fsp3) is 0.944. The molecule has 4 fully saturated rings. The van der Waals surface area contributed by atoms with Gasteiger partial charge in [-0.15, -0.1) is 0 Å². The van der Waals surface area contributed by atoms with Crippen molar-refractivity contribution in [1.29, 1.82) is 0 Å². The van der Waals surface area contributed by atoms with Crippen molar-refractivity contribution in [3.8, 4) is 0 Å². The summed E-state index contributed by atoms with van der Waals surface area (Å²) in [4.78, 5) is 11.6. The van der Waals surface area contributed by atoms with Crippen molar-refractivity contribution in [2.45, 2.75) is 64.9 Å². The summed E-state index contributed by atoms with van der Waals surface area (Å²) in [6, 6.07) is 0. The number of fused-ring (bicyclic) bond motifs is 5. The number of esters is 1. The van der Waals surface area contributed by atoms with Crippen LogP contribution in [0.4, 0.5) is 0 Å². The van der Waals surface area contributed by atoms with E-state index in [2.05, 4.69) is 13.8 Å². The van der Waals surface area contributed by atoms with Crippen LogP contribution in [0, 0.1) is 34.5 Å². The Balaban J connectivity index is 1.64. The number of hydrogen-bond acceptors (Lipinski definition) is 3. The largest absolute Gasteiger partial charge is 0.465 e. The third kappa shape index (κ3) is 1.79. The number of cyclic esters (lactones) is 1. The first kappa shape index (κ1) is 14.0. The van der Waals surface area contributed by atoms with E-state index in [1.54, 1.807) is 0 Å². The maximum Gasteiger partial charge on any atom is 0.306 e. The quantitative estimate of drug-likeness (QED) is 0.698. The van der Waals surface area contributed by atoms with E-state index in [1.165, 1.54) is 25.7 Å². The van der Waals surface area contributed by atoms with Crippen LogP contribution in [0.1, 0.15) is 58.8 Å². The van der Waals surface area contributed by atoms with E-state index in [1.807, 2.05) is 0 Å². The molecule has 0 unspecified atom stereocenters. The van der Waals surface area contributed by atoms with Crippen LogP contribution in [0.3, 0.4) is 0 Å². The van der Waals surface area contributed by atoms with Gasteiger partial charge < -0.3 is 9.84 Å². The first-order chi connectivity index (χ1) is 9.95. The molecule has 3 saturated carbocycles. The molecule has 0 amide bonds. The van der Waals surface area contributed by atoms with E-state index in [0.717, 1.165) is 18.8 Å². The molecule has 4 rings (SSSR count). The van der Waals surface area contributed by atoms with E-state index < -0.39 is 0 Å². The molecule has 3 aliphatic carbocycles. The summed E-state index contributed by atoms with van der Waals surface area (Å²) < 4.78 is 5.47. The topological polar surface area (TPSA) is 46.5 Å². The molecule has 0 aromatic heterocycles. The highest BCUT2D eigenvalue weighted by atomic mass is 16.5. The molecule has 0 aromatic carbocycles. The summed E-state index contributed by atoms with van der Waals surface area (Å²) >= 11 is 0. The van der Waals surface area contributed by atoms with Crippen LogP contribution in [-0.2, 0) is 9.53 Å². The third-order valence-corrected chi connectivity index (χ3v) is 7.97. The Bertz CT molecular complexity index is 461. The van der Waals surface area contributed by atoms with Crippen LogP contribution in [0.25, 0.3) is 0 Å². The summed E-state index contributed by atoms with van der Waals surface area (Å²) in [5.41, 5.74) is 0.335. The zero-order valence-corrected chi connectivity index (χ0v) is 13.3. The predicted molar refractivity (Wildman–Crippen MR) is 79.5 cm³/mol. The highest BCUT2D eigenvalue weighted by Gasteiger charge is 2.60. The number of aliphatic hydroxyl groups excluding tert-OH is 1. The Morgan fingerprint density at radius 2 is 1.81 bits per heavy atom. The smallest absolute Gasteiger partial charge is 0.306 e. The van der Waals surface area contributed by atoms with Gasteiger partial charge in [0.1, 0.15) is 0 Å². The van der Waals surface area contributed by atoms with Gasteiger partial charge in [-0.1, -0.05) is 13.8 Å². The van der Waals surface area contributed by atoms with Gasteiger partial charge in [-0.05, 0) is 67.6 Å². The molecule has 118 valence electrons. The molecule has 4 aliphatic rings. The first-order valence-electron chi connectivity index (χ1n) is 8.79. The highest BCUT2D eigenvalue weighted by Crippen LogP contribution is 2.64. The maximum atomic E-state index is 11.6. The molecule has 1 saturated heterocycles. The van der Waals surface area contributed by atoms with Gasteiger partial charge in [-0.25, -0.2) is 0 Å². The van der Waals surface area contributed by atoms with Crippen molar-refractivity contribution in [1.82, 2.24) is 0 Å². The number of ether oxygens (including phenoxy) is 1. The molecule has 3 nitrogen and oxygen atoms in total. The van der Waals surface area contributed by atoms with Crippen molar-refractivity contribution in [2.75, 3.05) is 6.61 Å². The molecule has 1 N–H and O–H groups in total. The van der Waals surface area contributed by atoms with E-state index >= 15 is 0 Å². The summed E-state index contributed by atoms with van der Waals surface area (Å²) in [5, 5.41) is 10.4. The standard InChI is InChI=1S/C18H28O3/c1-17-8-7-14-12(13(17)5-6-15(17)19)4-3-11-9-16(20)21-10-18(11,14)2/h11-15,19H,3-10H2,1-2H3/t11-,12+,13-,14-,15-,17-,18-/m0/s1. The Morgan fingerprint density at radius 1 is 1.05 bits per heavy atom. The fourth-order valence-electron chi connectivity index (χ4n) is 6.56. The van der Waals surface area contributed by atoms with Crippen LogP contribution in [0.15, 0.2) is 0 Å². The van der Waals surface area contributed by atoms with Gasteiger partial charge in [0.05, 0.1) is 12.7 Å². The summed E-state index contributed by atoms with van der Waals surface area (Å²) in [5.74, 6) is 2.64. The highest BCUT2D eigenvalue weighted by molar-refractivity contribution is 5.70. The Kier molecular flexibility index (Phi) is 2.99. The summed E-state index contributed by atoms with van der Waals surface area (Å²) in [6.07, 6.45) is 7.50. The lowest BCUT2D eigenvalue weighted by molar-refractivity contribution is -0.181. The predicted octanol–water partition coefficient (Wildman–Crippen LogP) is 3.15. The molecule has 0 spiro atoms. The number of aliphatic hydroxyl groups is 1. The van der Waals surface area contributed by atoms with Gasteiger partial charge in [-0.3, -0.25) is 4.79 Å². The maximum absolute atomic E-state index is 11.6. The van der Waals surface area contributed by atoms with Crippen LogP contribution in [0.2, 0.25) is 0 Å². The lowest BCUT2D eigenvalue weighted by Crippen LogP contribution is -2.56. The molecule has 0 aromatic rings. The summed E-state index contributed by atoms with van der Waals surface area (Å²) in [6.45, 7) is 5.32. The average molecular weight is 292 g/mol. The normalized spacial score (nSPS) is 56.1. The molecule has 1 aliphatic heterocycles. The summed E-state index contributed by atoms with van der Waals surface area (Å²) in [7, 11) is 0. The molecule has 7 atom stereocenters. The Labute approximate surface area is 127 Å². The van der Waals surface area contributed by atoms with Gasteiger partial charge >= 0.3 is 5.97 Å². The van der Waals surface area contributed by atoms with Crippen molar-refractivity contribution in [2.24, 2.45) is 34.5 Å². The van der Waals surface area contributed by atoms with Crippen LogP contribution >= 0.6 is 0 Å². The lowest BCUT2D eigenvalue weighted by Gasteiger charge is -2.59. The van der Waals surface area contributed by atoms with E-state index in [9.17, 15) is 9.90 Å². The third-order valence-electron chi connectivity index (χ3n) is 7.97. The minimum atomic E-state index is -0.0989. The number of carbonyl (C=O) groups excluding carboxylic acids is 1. The van der Waals surface area contributed by atoms with Crippen molar-refractivity contribution >= 4 is 5.97 Å². The molecule has 1 heterocycles. The van der Waals surface area contributed by atoms with Crippen LogP contribution < -0.4 is 0 Å². The zero-order valence-electron chi connectivity index (χ0n) is 13.3. The van der Waals surface area contributed by atoms with Gasteiger partial charge in [-0.2, -0.15) is 0 Å². The average Bonchev–Trinajstić information content (AvgIpc) is 2.76. The number of hydrogen-bond donors (Lipinski definition) is 1. The Hall–Kier alpha value is -0.570. The number of carbonyl (C=O) groups is 1. The first-order valence-corrected chi connectivity index (χ1v) is 8.79. The molecular formula is C18H28O3. The minimum absolute atomic E-state index is 0.00728. The molecule has 0 radical (unpaired) electrons. The molecule has 0 bridgehead atoms. The second-order valence-corrected chi connectivity index (χ2v) is 8.66. The number of rotatable bonds is 0. The molecular weight excluding hydrogens is 264 g/mol. The monoisotopic (exact) mass is 292 g/mol. The van der Waals surface area contributed by atoms with Gasteiger partial charge in [0.25, 0.3) is 0 Å². The van der Waals surface area contributed by atoms with Crippen molar-refractivity contribution in [3.05, 3.63) is 0 Å². The lowest BCUT2D eigenvalue weighted by atomic mass is 9.47. The zero-order chi connectivity index (χ0) is 14.8. The van der Waals surface area contributed by atoms with Crippen LogP contribution in [0.5, 0.6) is 0 Å². The van der Waals surface area contributed by atoms with Crippen LogP contribution in [-0.4, -0.2) is 23.8 Å². The van der Waals surface area contributed by atoms with E-state index in [4.69, 9.17) is 4.74 Å².